The van der Waals surface area contributed by atoms with Crippen LogP contribution in [-0.4, -0.2) is 33.8 Å². The smallest absolute Gasteiger partial charge is 0.234 e. The van der Waals surface area contributed by atoms with Crippen LogP contribution in [0, 0.1) is 6.92 Å². The van der Waals surface area contributed by atoms with Crippen LogP contribution in [-0.2, 0) is 16.0 Å². The summed E-state index contributed by atoms with van der Waals surface area (Å²) in [5, 5.41) is 11.9. The first-order chi connectivity index (χ1) is 12.5. The second-order valence-electron chi connectivity index (χ2n) is 6.27. The first-order valence-corrected chi connectivity index (χ1v) is 10.4. The first-order valence-electron chi connectivity index (χ1n) is 8.64. The fourth-order valence-electron chi connectivity index (χ4n) is 2.74. The molecule has 1 aliphatic carbocycles. The fraction of sp³-hybridized carbons (Fsp3) is 0.444. The molecule has 1 saturated carbocycles. The second-order valence-corrected chi connectivity index (χ2v) is 8.45. The van der Waals surface area contributed by atoms with Gasteiger partial charge in [-0.25, -0.2) is 0 Å². The average Bonchev–Trinajstić information content (AvgIpc) is 3.32. The van der Waals surface area contributed by atoms with Crippen LogP contribution in [0.25, 0.3) is 0 Å². The molecular formula is C18H22N4O2S2. The van der Waals surface area contributed by atoms with Gasteiger partial charge >= 0.3 is 0 Å². The Morgan fingerprint density at radius 3 is 2.77 bits per heavy atom. The molecule has 0 unspecified atom stereocenters. The first kappa shape index (κ1) is 18.8. The molecule has 2 aromatic rings. The number of nitrogens with zero attached hydrogens (tertiary/aromatic N) is 3. The SMILES string of the molecule is CCc1cccc(C)c1NC(=O)CSc1nnc(N(C(C)=O)C2CC2)s1. The Hall–Kier alpha value is -1.93. The number of anilines is 2. The van der Waals surface area contributed by atoms with E-state index in [1.807, 2.05) is 25.1 Å². The Labute approximate surface area is 161 Å². The van der Waals surface area contributed by atoms with Gasteiger partial charge in [-0.3, -0.25) is 14.5 Å². The lowest BCUT2D eigenvalue weighted by atomic mass is 10.1. The molecule has 1 aromatic carbocycles. The van der Waals surface area contributed by atoms with Crippen molar-refractivity contribution in [2.45, 2.75) is 50.4 Å². The predicted molar refractivity (Wildman–Crippen MR) is 106 cm³/mol. The van der Waals surface area contributed by atoms with E-state index < -0.39 is 0 Å². The summed E-state index contributed by atoms with van der Waals surface area (Å²) in [4.78, 5) is 25.8. The molecule has 1 fully saturated rings. The zero-order valence-corrected chi connectivity index (χ0v) is 16.7. The maximum absolute atomic E-state index is 12.3. The number of aryl methyl sites for hydroxylation is 2. The zero-order chi connectivity index (χ0) is 18.7. The molecule has 0 bridgehead atoms. The number of carbonyl (C=O) groups is 2. The van der Waals surface area contributed by atoms with Crippen LogP contribution in [0.5, 0.6) is 0 Å². The summed E-state index contributed by atoms with van der Waals surface area (Å²) >= 11 is 2.71. The van der Waals surface area contributed by atoms with E-state index in [4.69, 9.17) is 0 Å². The molecule has 1 heterocycles. The lowest BCUT2D eigenvalue weighted by molar-refractivity contribution is -0.116. The molecule has 26 heavy (non-hydrogen) atoms. The standard InChI is InChI=1S/C18H22N4O2S2/c1-4-13-7-5-6-11(2)16(13)19-15(24)10-25-18-21-20-17(26-18)22(12(3)23)14-8-9-14/h5-7,14H,4,8-10H2,1-3H3,(H,19,24). The van der Waals surface area contributed by atoms with Gasteiger partial charge in [0.2, 0.25) is 16.9 Å². The molecule has 0 saturated heterocycles. The minimum absolute atomic E-state index is 0.00964. The van der Waals surface area contributed by atoms with E-state index in [-0.39, 0.29) is 23.6 Å². The third kappa shape index (κ3) is 4.42. The van der Waals surface area contributed by atoms with Crippen molar-refractivity contribution < 1.29 is 9.59 Å². The number of rotatable bonds is 7. The molecule has 138 valence electrons. The summed E-state index contributed by atoms with van der Waals surface area (Å²) in [7, 11) is 0. The van der Waals surface area contributed by atoms with Crippen LogP contribution >= 0.6 is 23.1 Å². The van der Waals surface area contributed by atoms with Crippen LogP contribution in [0.1, 0.15) is 37.8 Å². The quantitative estimate of drug-likeness (QED) is 0.577. The van der Waals surface area contributed by atoms with Gasteiger partial charge in [-0.15, -0.1) is 10.2 Å². The van der Waals surface area contributed by atoms with Crippen molar-refractivity contribution in [3.63, 3.8) is 0 Å². The van der Waals surface area contributed by atoms with Crippen molar-refractivity contribution in [2.24, 2.45) is 0 Å². The maximum atomic E-state index is 12.3. The third-order valence-corrected chi connectivity index (χ3v) is 6.24. The second kappa shape index (κ2) is 8.18. The van der Waals surface area contributed by atoms with Crippen molar-refractivity contribution in [1.82, 2.24) is 10.2 Å². The van der Waals surface area contributed by atoms with E-state index in [1.54, 1.807) is 11.8 Å². The Balaban J connectivity index is 1.60. The van der Waals surface area contributed by atoms with E-state index in [0.29, 0.717) is 9.47 Å². The van der Waals surface area contributed by atoms with E-state index in [1.165, 1.54) is 23.1 Å². The summed E-state index contributed by atoms with van der Waals surface area (Å²) in [6.45, 7) is 5.61. The monoisotopic (exact) mass is 390 g/mol. The van der Waals surface area contributed by atoms with Gasteiger partial charge in [0.15, 0.2) is 4.34 Å². The topological polar surface area (TPSA) is 75.2 Å². The number of carbonyl (C=O) groups excluding carboxylic acids is 2. The molecule has 2 amide bonds. The normalized spacial score (nSPS) is 13.5. The highest BCUT2D eigenvalue weighted by Crippen LogP contribution is 2.35. The van der Waals surface area contributed by atoms with E-state index in [0.717, 1.165) is 36.1 Å². The Morgan fingerprint density at radius 1 is 1.35 bits per heavy atom. The number of thioether (sulfide) groups is 1. The van der Waals surface area contributed by atoms with Crippen molar-refractivity contribution >= 4 is 45.7 Å². The maximum Gasteiger partial charge on any atom is 0.234 e. The summed E-state index contributed by atoms with van der Waals surface area (Å²) in [6, 6.07) is 6.28. The Kier molecular flexibility index (Phi) is 5.93. The number of hydrogen-bond donors (Lipinski definition) is 1. The molecular weight excluding hydrogens is 368 g/mol. The lowest BCUT2D eigenvalue weighted by Crippen LogP contribution is -2.30. The highest BCUT2D eigenvalue weighted by molar-refractivity contribution is 8.01. The van der Waals surface area contributed by atoms with Gasteiger partial charge in [0.25, 0.3) is 0 Å². The van der Waals surface area contributed by atoms with Crippen LogP contribution in [0.15, 0.2) is 22.5 Å². The van der Waals surface area contributed by atoms with E-state index in [9.17, 15) is 9.59 Å². The summed E-state index contributed by atoms with van der Waals surface area (Å²) in [5.41, 5.74) is 3.08. The summed E-state index contributed by atoms with van der Waals surface area (Å²) < 4.78 is 0.697. The lowest BCUT2D eigenvalue weighted by Gasteiger charge is -2.15. The molecule has 0 spiro atoms. The largest absolute Gasteiger partial charge is 0.325 e. The van der Waals surface area contributed by atoms with Crippen molar-refractivity contribution in [1.29, 1.82) is 0 Å². The molecule has 0 radical (unpaired) electrons. The molecule has 6 nitrogen and oxygen atoms in total. The van der Waals surface area contributed by atoms with Crippen LogP contribution in [0.3, 0.4) is 0 Å². The minimum atomic E-state index is -0.0682. The molecule has 3 rings (SSSR count). The molecule has 8 heteroatoms. The highest BCUT2D eigenvalue weighted by atomic mass is 32.2. The molecule has 1 N–H and O–H groups in total. The predicted octanol–water partition coefficient (Wildman–Crippen LogP) is 3.66. The number of hydrogen-bond acceptors (Lipinski definition) is 6. The third-order valence-electron chi connectivity index (χ3n) is 4.18. The van der Waals surface area contributed by atoms with Crippen LogP contribution in [0.2, 0.25) is 0 Å². The molecule has 0 atom stereocenters. The van der Waals surface area contributed by atoms with Gasteiger partial charge in [0.05, 0.1) is 5.75 Å². The van der Waals surface area contributed by atoms with Gasteiger partial charge < -0.3 is 5.32 Å². The van der Waals surface area contributed by atoms with E-state index in [2.05, 4.69) is 22.4 Å². The minimum Gasteiger partial charge on any atom is -0.325 e. The van der Waals surface area contributed by atoms with Crippen molar-refractivity contribution in [2.75, 3.05) is 16.0 Å². The Bertz CT molecular complexity index is 817. The van der Waals surface area contributed by atoms with Gasteiger partial charge in [-0.1, -0.05) is 48.2 Å². The summed E-state index contributed by atoms with van der Waals surface area (Å²) in [5.74, 6) is 0.182. The van der Waals surface area contributed by atoms with Crippen LogP contribution in [0.4, 0.5) is 10.8 Å². The number of amides is 2. The van der Waals surface area contributed by atoms with Gasteiger partial charge in [-0.2, -0.15) is 0 Å². The van der Waals surface area contributed by atoms with E-state index >= 15 is 0 Å². The van der Waals surface area contributed by atoms with Crippen molar-refractivity contribution in [3.05, 3.63) is 29.3 Å². The zero-order valence-electron chi connectivity index (χ0n) is 15.1. The number of nitrogens with one attached hydrogen (secondary N) is 1. The fourth-order valence-corrected chi connectivity index (χ4v) is 4.50. The van der Waals surface area contributed by atoms with Crippen LogP contribution < -0.4 is 10.2 Å². The number of benzene rings is 1. The molecule has 1 aromatic heterocycles. The highest BCUT2D eigenvalue weighted by Gasteiger charge is 2.34. The summed E-state index contributed by atoms with van der Waals surface area (Å²) in [6.07, 6.45) is 2.90. The number of aromatic nitrogens is 2. The van der Waals surface area contributed by atoms with Crippen molar-refractivity contribution in [3.8, 4) is 0 Å². The van der Waals surface area contributed by atoms with Gasteiger partial charge in [0.1, 0.15) is 0 Å². The average molecular weight is 391 g/mol. The Morgan fingerprint density at radius 2 is 2.12 bits per heavy atom. The molecule has 1 aliphatic rings. The molecule has 0 aliphatic heterocycles. The van der Waals surface area contributed by atoms with Gasteiger partial charge in [0, 0.05) is 18.7 Å². The number of para-hydroxylation sites is 1. The van der Waals surface area contributed by atoms with Gasteiger partial charge in [-0.05, 0) is 37.3 Å².